The summed E-state index contributed by atoms with van der Waals surface area (Å²) in [5.74, 6) is -1.44. The average Bonchev–Trinajstić information content (AvgIpc) is 2.82. The Hall–Kier alpha value is -1.51. The topological polar surface area (TPSA) is 89.7 Å². The maximum Gasteiger partial charge on any atom is 0.246 e. The van der Waals surface area contributed by atoms with Crippen LogP contribution in [0.2, 0.25) is 0 Å². The van der Waals surface area contributed by atoms with Gasteiger partial charge in [-0.3, -0.25) is 4.79 Å². The molecule has 0 radical (unpaired) electrons. The van der Waals surface area contributed by atoms with Crippen LogP contribution in [0, 0.1) is 5.82 Å². The van der Waals surface area contributed by atoms with Gasteiger partial charge in [0.1, 0.15) is 10.7 Å². The van der Waals surface area contributed by atoms with E-state index in [9.17, 15) is 17.6 Å². The van der Waals surface area contributed by atoms with Gasteiger partial charge in [-0.1, -0.05) is 12.1 Å². The fraction of sp³-hybridized carbons (Fsp3) is 0.500. The highest BCUT2D eigenvalue weighted by Crippen LogP contribution is 2.37. The van der Waals surface area contributed by atoms with E-state index in [0.717, 1.165) is 10.4 Å². The lowest BCUT2D eigenvalue weighted by atomic mass is 9.94. The van der Waals surface area contributed by atoms with Crippen molar-refractivity contribution in [1.82, 2.24) is 4.31 Å². The van der Waals surface area contributed by atoms with E-state index >= 15 is 0 Å². The van der Waals surface area contributed by atoms with Crippen molar-refractivity contribution in [2.75, 3.05) is 20.3 Å². The standard InChI is InChI=1S/C14H19FN2O4S/c1-21-10-14(9-13(16)18)7-4-8-17(14)22(19,20)12-6-3-2-5-11(12)15/h2-3,5-6H,4,7-10H2,1H3,(H2,16,18)/t14-/m0/s1. The number of rotatable bonds is 6. The van der Waals surface area contributed by atoms with Crippen molar-refractivity contribution in [3.63, 3.8) is 0 Å². The zero-order valence-corrected chi connectivity index (χ0v) is 13.1. The number of methoxy groups -OCH3 is 1. The fourth-order valence-electron chi connectivity index (χ4n) is 3.03. The van der Waals surface area contributed by atoms with E-state index in [0.29, 0.717) is 12.8 Å². The number of nitrogens with two attached hydrogens (primary N) is 1. The summed E-state index contributed by atoms with van der Waals surface area (Å²) in [4.78, 5) is 11.0. The van der Waals surface area contributed by atoms with Gasteiger partial charge in [-0.15, -0.1) is 0 Å². The van der Waals surface area contributed by atoms with Crippen molar-refractivity contribution in [2.45, 2.75) is 29.7 Å². The van der Waals surface area contributed by atoms with Gasteiger partial charge in [-0.2, -0.15) is 4.31 Å². The number of carbonyl (C=O) groups excluding carboxylic acids is 1. The van der Waals surface area contributed by atoms with Crippen LogP contribution in [-0.4, -0.2) is 44.4 Å². The van der Waals surface area contributed by atoms with E-state index in [1.165, 1.54) is 25.3 Å². The molecule has 0 aliphatic carbocycles. The van der Waals surface area contributed by atoms with E-state index in [2.05, 4.69) is 0 Å². The van der Waals surface area contributed by atoms with Crippen LogP contribution >= 0.6 is 0 Å². The van der Waals surface area contributed by atoms with Gasteiger partial charge in [0, 0.05) is 20.1 Å². The van der Waals surface area contributed by atoms with Crippen LogP contribution in [-0.2, 0) is 19.6 Å². The lowest BCUT2D eigenvalue weighted by Crippen LogP contribution is -2.52. The maximum atomic E-state index is 13.9. The predicted molar refractivity (Wildman–Crippen MR) is 77.9 cm³/mol. The molecule has 1 fully saturated rings. The minimum Gasteiger partial charge on any atom is -0.383 e. The highest BCUT2D eigenvalue weighted by atomic mass is 32.2. The van der Waals surface area contributed by atoms with Crippen LogP contribution in [0.1, 0.15) is 19.3 Å². The number of hydrogen-bond donors (Lipinski definition) is 1. The van der Waals surface area contributed by atoms with Crippen LogP contribution in [0.4, 0.5) is 4.39 Å². The van der Waals surface area contributed by atoms with Crippen LogP contribution in [0.5, 0.6) is 0 Å². The van der Waals surface area contributed by atoms with Crippen molar-refractivity contribution in [2.24, 2.45) is 5.73 Å². The zero-order chi connectivity index (χ0) is 16.4. The molecule has 2 rings (SSSR count). The van der Waals surface area contributed by atoms with Crippen molar-refractivity contribution in [1.29, 1.82) is 0 Å². The summed E-state index contributed by atoms with van der Waals surface area (Å²) < 4.78 is 45.8. The van der Waals surface area contributed by atoms with E-state index in [4.69, 9.17) is 10.5 Å². The normalized spacial score (nSPS) is 22.8. The number of ether oxygens (including phenoxy) is 1. The first-order valence-corrected chi connectivity index (χ1v) is 8.32. The Morgan fingerprint density at radius 3 is 2.73 bits per heavy atom. The van der Waals surface area contributed by atoms with Gasteiger partial charge in [-0.25, -0.2) is 12.8 Å². The molecule has 6 nitrogen and oxygen atoms in total. The number of primary amides is 1. The van der Waals surface area contributed by atoms with Gasteiger partial charge in [-0.05, 0) is 25.0 Å². The second kappa shape index (κ2) is 6.31. The highest BCUT2D eigenvalue weighted by Gasteiger charge is 2.49. The van der Waals surface area contributed by atoms with Crippen molar-refractivity contribution in [3.8, 4) is 0 Å². The monoisotopic (exact) mass is 330 g/mol. The predicted octanol–water partition coefficient (Wildman–Crippen LogP) is 0.871. The number of sulfonamides is 1. The lowest BCUT2D eigenvalue weighted by molar-refractivity contribution is -0.120. The average molecular weight is 330 g/mol. The second-order valence-corrected chi connectivity index (χ2v) is 7.24. The summed E-state index contributed by atoms with van der Waals surface area (Å²) >= 11 is 0. The largest absolute Gasteiger partial charge is 0.383 e. The third kappa shape index (κ3) is 2.99. The van der Waals surface area contributed by atoms with E-state index in [1.807, 2.05) is 0 Å². The Morgan fingerprint density at radius 2 is 2.14 bits per heavy atom. The fourth-order valence-corrected chi connectivity index (χ4v) is 4.92. The SMILES string of the molecule is COC[C@@]1(CC(N)=O)CCCN1S(=O)(=O)c1ccccc1F. The molecular formula is C14H19FN2O4S. The smallest absolute Gasteiger partial charge is 0.246 e. The summed E-state index contributed by atoms with van der Waals surface area (Å²) in [6, 6.07) is 5.18. The van der Waals surface area contributed by atoms with Gasteiger partial charge in [0.25, 0.3) is 0 Å². The second-order valence-electron chi connectivity index (χ2n) is 5.41. The number of halogens is 1. The summed E-state index contributed by atoms with van der Waals surface area (Å²) in [6.45, 7) is 0.233. The quantitative estimate of drug-likeness (QED) is 0.838. The third-order valence-electron chi connectivity index (χ3n) is 3.85. The lowest BCUT2D eigenvalue weighted by Gasteiger charge is -2.36. The van der Waals surface area contributed by atoms with Gasteiger partial charge in [0.15, 0.2) is 0 Å². The minimum absolute atomic E-state index is 0.0314. The molecule has 1 aromatic rings. The first-order valence-electron chi connectivity index (χ1n) is 6.88. The molecular weight excluding hydrogens is 311 g/mol. The Labute approximate surface area is 129 Å². The molecule has 1 amide bonds. The molecule has 1 aromatic carbocycles. The first-order chi connectivity index (χ1) is 10.3. The Balaban J connectivity index is 2.48. The minimum atomic E-state index is -4.07. The number of nitrogens with zero attached hydrogens (tertiary/aromatic N) is 1. The Kier molecular flexibility index (Phi) is 4.84. The third-order valence-corrected chi connectivity index (χ3v) is 5.89. The van der Waals surface area contributed by atoms with Gasteiger partial charge < -0.3 is 10.5 Å². The molecule has 2 N–H and O–H groups in total. The van der Waals surface area contributed by atoms with Gasteiger partial charge in [0.05, 0.1) is 12.1 Å². The number of hydrogen-bond acceptors (Lipinski definition) is 4. The first kappa shape index (κ1) is 16.9. The van der Waals surface area contributed by atoms with Gasteiger partial charge >= 0.3 is 0 Å². The van der Waals surface area contributed by atoms with Crippen LogP contribution < -0.4 is 5.73 Å². The molecule has 0 unspecified atom stereocenters. The summed E-state index contributed by atoms with van der Waals surface area (Å²) in [5.41, 5.74) is 4.22. The highest BCUT2D eigenvalue weighted by molar-refractivity contribution is 7.89. The molecule has 0 spiro atoms. The van der Waals surface area contributed by atoms with E-state index in [-0.39, 0.29) is 19.6 Å². The van der Waals surface area contributed by atoms with E-state index < -0.39 is 32.2 Å². The van der Waals surface area contributed by atoms with Crippen molar-refractivity contribution in [3.05, 3.63) is 30.1 Å². The number of amides is 1. The van der Waals surface area contributed by atoms with Crippen LogP contribution in [0.15, 0.2) is 29.2 Å². The summed E-state index contributed by atoms with van der Waals surface area (Å²) in [7, 11) is -2.65. The van der Waals surface area contributed by atoms with Crippen molar-refractivity contribution < 1.29 is 22.3 Å². The van der Waals surface area contributed by atoms with Gasteiger partial charge in [0.2, 0.25) is 15.9 Å². The molecule has 8 heteroatoms. The molecule has 1 saturated heterocycles. The van der Waals surface area contributed by atoms with Crippen LogP contribution in [0.3, 0.4) is 0 Å². The number of carbonyl (C=O) groups is 1. The molecule has 0 bridgehead atoms. The van der Waals surface area contributed by atoms with Crippen LogP contribution in [0.25, 0.3) is 0 Å². The molecule has 1 aliphatic rings. The molecule has 1 aliphatic heterocycles. The Bertz CT molecular complexity index is 665. The summed E-state index contributed by atoms with van der Waals surface area (Å²) in [6.07, 6.45) is 0.844. The number of benzene rings is 1. The van der Waals surface area contributed by atoms with Crippen molar-refractivity contribution >= 4 is 15.9 Å². The maximum absolute atomic E-state index is 13.9. The molecule has 0 aromatic heterocycles. The zero-order valence-electron chi connectivity index (χ0n) is 12.3. The molecule has 1 atom stereocenters. The Morgan fingerprint density at radius 1 is 1.45 bits per heavy atom. The molecule has 22 heavy (non-hydrogen) atoms. The summed E-state index contributed by atoms with van der Waals surface area (Å²) in [5, 5.41) is 0. The molecule has 122 valence electrons. The van der Waals surface area contributed by atoms with E-state index in [1.54, 1.807) is 0 Å². The molecule has 1 heterocycles. The molecule has 0 saturated carbocycles.